The summed E-state index contributed by atoms with van der Waals surface area (Å²) in [6.07, 6.45) is -0.0350. The quantitative estimate of drug-likeness (QED) is 0.609. The molecule has 0 heterocycles. The molecule has 0 amide bonds. The van der Waals surface area contributed by atoms with Gasteiger partial charge < -0.3 is 0 Å². The van der Waals surface area contributed by atoms with Crippen molar-refractivity contribution >= 4 is 43.4 Å². The number of hydrogen-bond acceptors (Lipinski definition) is 2. The molecule has 1 aromatic carbocycles. The lowest BCUT2D eigenvalue weighted by molar-refractivity contribution is -0.121. The van der Waals surface area contributed by atoms with E-state index in [4.69, 9.17) is 0 Å². The number of benzene rings is 1. The van der Waals surface area contributed by atoms with Crippen LogP contribution in [0.4, 0.5) is 0 Å². The maximum absolute atomic E-state index is 11.9. The zero-order valence-corrected chi connectivity index (χ0v) is 12.3. The molecule has 0 spiro atoms. The molecule has 16 heavy (non-hydrogen) atoms. The van der Waals surface area contributed by atoms with Crippen molar-refractivity contribution in [3.8, 4) is 0 Å². The van der Waals surface area contributed by atoms with Gasteiger partial charge in [-0.3, -0.25) is 9.59 Å². The summed E-state index contributed by atoms with van der Waals surface area (Å²) in [5.41, 5.74) is 0.545. The summed E-state index contributed by atoms with van der Waals surface area (Å²) in [6, 6.07) is 5.35. The SMILES string of the molecule is CC(C)C(=O)CC(=O)c1cc(Br)ccc1Br. The molecule has 0 atom stereocenters. The van der Waals surface area contributed by atoms with Gasteiger partial charge in [0.1, 0.15) is 5.78 Å². The van der Waals surface area contributed by atoms with Gasteiger partial charge in [-0.25, -0.2) is 0 Å². The zero-order valence-electron chi connectivity index (χ0n) is 9.09. The van der Waals surface area contributed by atoms with Crippen LogP contribution in [0.2, 0.25) is 0 Å². The molecule has 1 rings (SSSR count). The molecule has 0 aromatic heterocycles. The van der Waals surface area contributed by atoms with Crippen LogP contribution < -0.4 is 0 Å². The third kappa shape index (κ3) is 3.52. The van der Waals surface area contributed by atoms with Crippen molar-refractivity contribution in [2.75, 3.05) is 0 Å². The third-order valence-corrected chi connectivity index (χ3v) is 3.39. The molecule has 0 aliphatic carbocycles. The van der Waals surface area contributed by atoms with E-state index in [1.54, 1.807) is 26.0 Å². The minimum Gasteiger partial charge on any atom is -0.299 e. The first-order valence-electron chi connectivity index (χ1n) is 4.92. The van der Waals surface area contributed by atoms with Crippen molar-refractivity contribution in [2.24, 2.45) is 5.92 Å². The van der Waals surface area contributed by atoms with Crippen LogP contribution >= 0.6 is 31.9 Å². The highest BCUT2D eigenvalue weighted by molar-refractivity contribution is 9.11. The molecule has 0 saturated heterocycles. The molecule has 2 nitrogen and oxygen atoms in total. The lowest BCUT2D eigenvalue weighted by atomic mass is 10.00. The van der Waals surface area contributed by atoms with E-state index in [9.17, 15) is 9.59 Å². The first kappa shape index (κ1) is 13.6. The van der Waals surface area contributed by atoms with Crippen LogP contribution in [0, 0.1) is 5.92 Å². The molecule has 1 aromatic rings. The summed E-state index contributed by atoms with van der Waals surface area (Å²) in [4.78, 5) is 23.3. The van der Waals surface area contributed by atoms with E-state index in [1.165, 1.54) is 0 Å². The average Bonchev–Trinajstić information content (AvgIpc) is 2.21. The zero-order chi connectivity index (χ0) is 12.3. The van der Waals surface area contributed by atoms with Crippen molar-refractivity contribution in [3.63, 3.8) is 0 Å². The van der Waals surface area contributed by atoms with E-state index in [0.29, 0.717) is 5.56 Å². The first-order chi connectivity index (χ1) is 7.41. The number of ketones is 2. The Morgan fingerprint density at radius 1 is 1.25 bits per heavy atom. The maximum atomic E-state index is 11.9. The molecule has 86 valence electrons. The summed E-state index contributed by atoms with van der Waals surface area (Å²) in [5, 5.41) is 0. The number of hydrogen-bond donors (Lipinski definition) is 0. The Morgan fingerprint density at radius 3 is 2.44 bits per heavy atom. The number of Topliss-reactive ketones (excluding diaryl/α,β-unsaturated/α-hetero) is 2. The minimum absolute atomic E-state index is 0.0307. The Labute approximate surface area is 112 Å². The van der Waals surface area contributed by atoms with Crippen LogP contribution in [-0.2, 0) is 4.79 Å². The molecule has 0 aliphatic heterocycles. The van der Waals surface area contributed by atoms with E-state index < -0.39 is 0 Å². The van der Waals surface area contributed by atoms with E-state index in [2.05, 4.69) is 31.9 Å². The standard InChI is InChI=1S/C12H12Br2O2/c1-7(2)11(15)6-12(16)9-5-8(13)3-4-10(9)14/h3-5,7H,6H2,1-2H3. The van der Waals surface area contributed by atoms with Crippen LogP contribution in [0.1, 0.15) is 30.6 Å². The highest BCUT2D eigenvalue weighted by Gasteiger charge is 2.16. The topological polar surface area (TPSA) is 34.1 Å². The molecule has 0 N–H and O–H groups in total. The summed E-state index contributed by atoms with van der Waals surface area (Å²) >= 11 is 6.61. The molecular weight excluding hydrogens is 336 g/mol. The molecule has 0 radical (unpaired) electrons. The highest BCUT2D eigenvalue weighted by Crippen LogP contribution is 2.23. The van der Waals surface area contributed by atoms with Crippen LogP contribution in [0.3, 0.4) is 0 Å². The van der Waals surface area contributed by atoms with Gasteiger partial charge in [0.15, 0.2) is 5.78 Å². The number of halogens is 2. The van der Waals surface area contributed by atoms with Crippen LogP contribution in [-0.4, -0.2) is 11.6 Å². The lowest BCUT2D eigenvalue weighted by Crippen LogP contribution is -2.13. The minimum atomic E-state index is -0.146. The van der Waals surface area contributed by atoms with Gasteiger partial charge in [0.25, 0.3) is 0 Å². The molecule has 0 fully saturated rings. The van der Waals surface area contributed by atoms with Crippen LogP contribution in [0.25, 0.3) is 0 Å². The second-order valence-electron chi connectivity index (χ2n) is 3.85. The second kappa shape index (κ2) is 5.73. The van der Waals surface area contributed by atoms with Gasteiger partial charge in [-0.15, -0.1) is 0 Å². The lowest BCUT2D eigenvalue weighted by Gasteiger charge is -2.05. The number of carbonyl (C=O) groups is 2. The van der Waals surface area contributed by atoms with Gasteiger partial charge in [-0.05, 0) is 18.2 Å². The van der Waals surface area contributed by atoms with Gasteiger partial charge in [0.2, 0.25) is 0 Å². The van der Waals surface area contributed by atoms with Crippen LogP contribution in [0.5, 0.6) is 0 Å². The Balaban J connectivity index is 2.88. The van der Waals surface area contributed by atoms with Gasteiger partial charge in [0, 0.05) is 20.4 Å². The summed E-state index contributed by atoms with van der Waals surface area (Å²) < 4.78 is 1.55. The van der Waals surface area contributed by atoms with Gasteiger partial charge in [-0.2, -0.15) is 0 Å². The summed E-state index contributed by atoms with van der Waals surface area (Å²) in [7, 11) is 0. The van der Waals surface area contributed by atoms with Crippen LogP contribution in [0.15, 0.2) is 27.1 Å². The molecular formula is C12H12Br2O2. The van der Waals surface area contributed by atoms with E-state index in [0.717, 1.165) is 8.95 Å². The summed E-state index contributed by atoms with van der Waals surface area (Å²) in [6.45, 7) is 3.59. The monoisotopic (exact) mass is 346 g/mol. The fourth-order valence-corrected chi connectivity index (χ4v) is 2.00. The van der Waals surface area contributed by atoms with E-state index in [-0.39, 0.29) is 23.9 Å². The predicted molar refractivity (Wildman–Crippen MR) is 70.6 cm³/mol. The van der Waals surface area contributed by atoms with Crippen molar-refractivity contribution < 1.29 is 9.59 Å². The van der Waals surface area contributed by atoms with Crippen molar-refractivity contribution in [1.29, 1.82) is 0 Å². The average molecular weight is 348 g/mol. The van der Waals surface area contributed by atoms with E-state index in [1.807, 2.05) is 6.07 Å². The van der Waals surface area contributed by atoms with Crippen molar-refractivity contribution in [2.45, 2.75) is 20.3 Å². The first-order valence-corrected chi connectivity index (χ1v) is 6.51. The number of rotatable bonds is 4. The predicted octanol–water partition coefficient (Wildman–Crippen LogP) is 4.01. The van der Waals surface area contributed by atoms with Gasteiger partial charge in [0.05, 0.1) is 6.42 Å². The Kier molecular flexibility index (Phi) is 4.87. The summed E-state index contributed by atoms with van der Waals surface area (Å²) in [5.74, 6) is -0.279. The number of carbonyl (C=O) groups excluding carboxylic acids is 2. The fourth-order valence-electron chi connectivity index (χ4n) is 1.17. The van der Waals surface area contributed by atoms with Crippen molar-refractivity contribution in [1.82, 2.24) is 0 Å². The Morgan fingerprint density at radius 2 is 1.88 bits per heavy atom. The maximum Gasteiger partial charge on any atom is 0.171 e. The Bertz CT molecular complexity index is 425. The largest absolute Gasteiger partial charge is 0.299 e. The molecule has 0 unspecified atom stereocenters. The van der Waals surface area contributed by atoms with Gasteiger partial charge >= 0.3 is 0 Å². The molecule has 0 bridgehead atoms. The van der Waals surface area contributed by atoms with Crippen molar-refractivity contribution in [3.05, 3.63) is 32.7 Å². The molecule has 0 saturated carbocycles. The van der Waals surface area contributed by atoms with Gasteiger partial charge in [-0.1, -0.05) is 45.7 Å². The third-order valence-electron chi connectivity index (χ3n) is 2.21. The highest BCUT2D eigenvalue weighted by atomic mass is 79.9. The second-order valence-corrected chi connectivity index (χ2v) is 5.62. The van der Waals surface area contributed by atoms with E-state index >= 15 is 0 Å². The molecule has 4 heteroatoms. The smallest absolute Gasteiger partial charge is 0.171 e. The fraction of sp³-hybridized carbons (Fsp3) is 0.333. The normalized spacial score (nSPS) is 10.6. The Hall–Kier alpha value is -0.480. The molecule has 0 aliphatic rings.